The monoisotopic (exact) mass is 265 g/mol. The van der Waals surface area contributed by atoms with Crippen LogP contribution in [0, 0.1) is 16.7 Å². The van der Waals surface area contributed by atoms with Crippen LogP contribution in [0.3, 0.4) is 0 Å². The molecular formula is C15H27N3O. The summed E-state index contributed by atoms with van der Waals surface area (Å²) in [5.74, 6) is 0.110. The summed E-state index contributed by atoms with van der Waals surface area (Å²) in [6.07, 6.45) is 5.34. The molecule has 1 aliphatic rings. The summed E-state index contributed by atoms with van der Waals surface area (Å²) in [7, 11) is 0. The van der Waals surface area contributed by atoms with E-state index in [1.165, 1.54) is 19.3 Å². The maximum Gasteiger partial charge on any atom is 0.236 e. The van der Waals surface area contributed by atoms with Gasteiger partial charge in [0.2, 0.25) is 5.91 Å². The Labute approximate surface area is 117 Å². The first-order valence-electron chi connectivity index (χ1n) is 7.39. The number of rotatable bonds is 6. The summed E-state index contributed by atoms with van der Waals surface area (Å²) >= 11 is 0. The van der Waals surface area contributed by atoms with Crippen molar-refractivity contribution in [1.82, 2.24) is 10.2 Å². The number of nitrogens with zero attached hydrogens (tertiary/aromatic N) is 2. The molecule has 4 heteroatoms. The van der Waals surface area contributed by atoms with Gasteiger partial charge in [0.1, 0.15) is 0 Å². The van der Waals surface area contributed by atoms with Crippen molar-refractivity contribution in [3.63, 3.8) is 0 Å². The van der Waals surface area contributed by atoms with Crippen LogP contribution in [0.25, 0.3) is 0 Å². The Morgan fingerprint density at radius 2 is 2.21 bits per heavy atom. The Morgan fingerprint density at radius 1 is 1.47 bits per heavy atom. The molecule has 4 nitrogen and oxygen atoms in total. The standard InChI is InChI=1S/C15H27N3O/c1-4-18(11-7-10-16)14(19)12-17-13-8-5-6-9-15(13,2)3/h13,17H,4-9,11-12H2,1-3H3. The molecule has 1 fully saturated rings. The van der Waals surface area contributed by atoms with Crippen LogP contribution in [0.5, 0.6) is 0 Å². The molecule has 19 heavy (non-hydrogen) atoms. The van der Waals surface area contributed by atoms with Gasteiger partial charge in [0.05, 0.1) is 19.0 Å². The molecule has 1 unspecified atom stereocenters. The minimum absolute atomic E-state index is 0.110. The highest BCUT2D eigenvalue weighted by molar-refractivity contribution is 5.78. The summed E-state index contributed by atoms with van der Waals surface area (Å²) in [6, 6.07) is 2.52. The molecule has 0 aromatic carbocycles. The minimum Gasteiger partial charge on any atom is -0.341 e. The van der Waals surface area contributed by atoms with Crippen molar-refractivity contribution in [3.05, 3.63) is 0 Å². The van der Waals surface area contributed by atoms with Gasteiger partial charge in [-0.25, -0.2) is 0 Å². The van der Waals surface area contributed by atoms with Crippen LogP contribution in [0.1, 0.15) is 52.9 Å². The summed E-state index contributed by atoms with van der Waals surface area (Å²) in [4.78, 5) is 13.8. The first-order valence-corrected chi connectivity index (χ1v) is 7.39. The fourth-order valence-electron chi connectivity index (χ4n) is 2.84. The first kappa shape index (κ1) is 16.0. The second kappa shape index (κ2) is 7.49. The molecule has 108 valence electrons. The number of hydrogen-bond donors (Lipinski definition) is 1. The Bertz CT molecular complexity index is 333. The molecule has 0 aromatic heterocycles. The van der Waals surface area contributed by atoms with Crippen molar-refractivity contribution < 1.29 is 4.79 Å². The quantitative estimate of drug-likeness (QED) is 0.801. The summed E-state index contributed by atoms with van der Waals surface area (Å²) in [5, 5.41) is 12.0. The van der Waals surface area contributed by atoms with Crippen LogP contribution in [-0.2, 0) is 4.79 Å². The van der Waals surface area contributed by atoms with Crippen LogP contribution >= 0.6 is 0 Å². The molecule has 0 aromatic rings. The second-order valence-electron chi connectivity index (χ2n) is 6.05. The molecule has 1 N–H and O–H groups in total. The van der Waals surface area contributed by atoms with Crippen LogP contribution in [-0.4, -0.2) is 36.5 Å². The van der Waals surface area contributed by atoms with Crippen LogP contribution in [0.2, 0.25) is 0 Å². The lowest BCUT2D eigenvalue weighted by atomic mass is 9.73. The highest BCUT2D eigenvalue weighted by Gasteiger charge is 2.32. The second-order valence-corrected chi connectivity index (χ2v) is 6.05. The summed E-state index contributed by atoms with van der Waals surface area (Å²) < 4.78 is 0. The van der Waals surface area contributed by atoms with E-state index in [0.717, 1.165) is 6.42 Å². The minimum atomic E-state index is 0.110. The maximum absolute atomic E-state index is 12.1. The molecule has 1 amide bonds. The smallest absolute Gasteiger partial charge is 0.236 e. The maximum atomic E-state index is 12.1. The van der Waals surface area contributed by atoms with Gasteiger partial charge in [-0.1, -0.05) is 26.7 Å². The molecular weight excluding hydrogens is 238 g/mol. The van der Waals surface area contributed by atoms with Gasteiger partial charge in [-0.3, -0.25) is 4.79 Å². The van der Waals surface area contributed by atoms with E-state index in [2.05, 4.69) is 25.2 Å². The number of carbonyl (C=O) groups is 1. The van der Waals surface area contributed by atoms with Crippen molar-refractivity contribution in [2.24, 2.45) is 5.41 Å². The molecule has 1 rings (SSSR count). The number of hydrogen-bond acceptors (Lipinski definition) is 3. The third kappa shape index (κ3) is 4.83. The molecule has 0 spiro atoms. The van der Waals surface area contributed by atoms with E-state index in [9.17, 15) is 4.79 Å². The fourth-order valence-corrected chi connectivity index (χ4v) is 2.84. The summed E-state index contributed by atoms with van der Waals surface area (Å²) in [6.45, 7) is 8.13. The van der Waals surface area contributed by atoms with Gasteiger partial charge in [0, 0.05) is 19.1 Å². The van der Waals surface area contributed by atoms with Crippen molar-refractivity contribution in [1.29, 1.82) is 5.26 Å². The average molecular weight is 265 g/mol. The third-order valence-corrected chi connectivity index (χ3v) is 4.23. The van der Waals surface area contributed by atoms with E-state index < -0.39 is 0 Å². The van der Waals surface area contributed by atoms with Crippen molar-refractivity contribution in [2.75, 3.05) is 19.6 Å². The number of likely N-dealkylation sites (N-methyl/N-ethyl adjacent to an activating group) is 1. The van der Waals surface area contributed by atoms with E-state index in [-0.39, 0.29) is 11.3 Å². The van der Waals surface area contributed by atoms with Crippen LogP contribution < -0.4 is 5.32 Å². The zero-order valence-electron chi connectivity index (χ0n) is 12.5. The lowest BCUT2D eigenvalue weighted by Crippen LogP contribution is -2.48. The molecule has 1 atom stereocenters. The van der Waals surface area contributed by atoms with Crippen molar-refractivity contribution >= 4 is 5.91 Å². The van der Waals surface area contributed by atoms with E-state index >= 15 is 0 Å². The van der Waals surface area contributed by atoms with Gasteiger partial charge >= 0.3 is 0 Å². The third-order valence-electron chi connectivity index (χ3n) is 4.23. The normalized spacial score (nSPS) is 21.7. The topological polar surface area (TPSA) is 56.1 Å². The van der Waals surface area contributed by atoms with Gasteiger partial charge in [-0.2, -0.15) is 5.26 Å². The molecule has 1 saturated carbocycles. The highest BCUT2D eigenvalue weighted by atomic mass is 16.2. The van der Waals surface area contributed by atoms with Crippen molar-refractivity contribution in [3.8, 4) is 6.07 Å². The number of nitriles is 1. The molecule has 0 heterocycles. The van der Waals surface area contributed by atoms with E-state index in [1.807, 2.05) is 6.92 Å². The van der Waals surface area contributed by atoms with E-state index in [1.54, 1.807) is 4.90 Å². The van der Waals surface area contributed by atoms with Gasteiger partial charge in [0.15, 0.2) is 0 Å². The number of nitrogens with one attached hydrogen (secondary N) is 1. The molecule has 0 saturated heterocycles. The Hall–Kier alpha value is -1.08. The Balaban J connectivity index is 2.42. The zero-order chi connectivity index (χ0) is 14.3. The van der Waals surface area contributed by atoms with Crippen molar-refractivity contribution in [2.45, 2.75) is 58.9 Å². The highest BCUT2D eigenvalue weighted by Crippen LogP contribution is 2.35. The molecule has 0 aliphatic heterocycles. The van der Waals surface area contributed by atoms with E-state index in [4.69, 9.17) is 5.26 Å². The predicted molar refractivity (Wildman–Crippen MR) is 76.5 cm³/mol. The summed E-state index contributed by atoms with van der Waals surface area (Å²) in [5.41, 5.74) is 0.280. The van der Waals surface area contributed by atoms with Gasteiger partial charge < -0.3 is 10.2 Å². The van der Waals surface area contributed by atoms with E-state index in [0.29, 0.717) is 32.1 Å². The number of amides is 1. The molecule has 1 aliphatic carbocycles. The predicted octanol–water partition coefficient (Wildman–Crippen LogP) is 2.31. The van der Waals surface area contributed by atoms with Gasteiger partial charge in [-0.15, -0.1) is 0 Å². The zero-order valence-corrected chi connectivity index (χ0v) is 12.5. The fraction of sp³-hybridized carbons (Fsp3) is 0.867. The SMILES string of the molecule is CCN(CCC#N)C(=O)CNC1CCCCC1(C)C. The first-order chi connectivity index (χ1) is 9.01. The lowest BCUT2D eigenvalue weighted by molar-refractivity contribution is -0.130. The average Bonchev–Trinajstić information content (AvgIpc) is 2.38. The molecule has 0 bridgehead atoms. The lowest BCUT2D eigenvalue weighted by Gasteiger charge is -2.39. The van der Waals surface area contributed by atoms with Crippen LogP contribution in [0.4, 0.5) is 0 Å². The largest absolute Gasteiger partial charge is 0.341 e. The van der Waals surface area contributed by atoms with Crippen LogP contribution in [0.15, 0.2) is 0 Å². The Kier molecular flexibility index (Phi) is 6.30. The Morgan fingerprint density at radius 3 is 2.79 bits per heavy atom. The van der Waals surface area contributed by atoms with Gasteiger partial charge in [0.25, 0.3) is 0 Å². The van der Waals surface area contributed by atoms with Gasteiger partial charge in [-0.05, 0) is 25.2 Å². The molecule has 0 radical (unpaired) electrons. The number of carbonyl (C=O) groups excluding carboxylic acids is 1.